The van der Waals surface area contributed by atoms with Crippen molar-refractivity contribution in [1.82, 2.24) is 0 Å². The van der Waals surface area contributed by atoms with Gasteiger partial charge in [0, 0.05) is 4.91 Å². The minimum Gasteiger partial charge on any atom is -0.496 e. The van der Waals surface area contributed by atoms with Crippen LogP contribution in [-0.4, -0.2) is 40.5 Å². The van der Waals surface area contributed by atoms with E-state index in [0.717, 1.165) is 5.56 Å². The van der Waals surface area contributed by atoms with Gasteiger partial charge < -0.3 is 23.7 Å². The highest BCUT2D eigenvalue weighted by Gasteiger charge is 2.19. The van der Waals surface area contributed by atoms with E-state index in [1.807, 2.05) is 38.1 Å². The van der Waals surface area contributed by atoms with Crippen molar-refractivity contribution in [3.63, 3.8) is 0 Å². The molecule has 0 bridgehead atoms. The summed E-state index contributed by atoms with van der Waals surface area (Å²) in [4.78, 5) is 14.6. The molecule has 164 valence electrons. The largest absolute Gasteiger partial charge is 0.496 e. The molecule has 0 atom stereocenters. The van der Waals surface area contributed by atoms with Crippen LogP contribution in [0.5, 0.6) is 28.7 Å². The Hall–Kier alpha value is -3.84. The van der Waals surface area contributed by atoms with Crippen molar-refractivity contribution in [2.24, 2.45) is 5.11 Å². The molecule has 0 saturated heterocycles. The minimum absolute atomic E-state index is 0.0456. The van der Waals surface area contributed by atoms with E-state index >= 15 is 0 Å². The summed E-state index contributed by atoms with van der Waals surface area (Å²) < 4.78 is 27.3. The second-order valence-corrected chi connectivity index (χ2v) is 6.55. The van der Waals surface area contributed by atoms with E-state index in [1.165, 1.54) is 14.2 Å². The highest BCUT2D eigenvalue weighted by Crippen LogP contribution is 2.40. The van der Waals surface area contributed by atoms with E-state index in [2.05, 4.69) is 10.0 Å². The lowest BCUT2D eigenvalue weighted by molar-refractivity contribution is 0.0994. The van der Waals surface area contributed by atoms with E-state index in [0.29, 0.717) is 22.8 Å². The molecule has 0 aliphatic heterocycles. The molecule has 0 aliphatic rings. The molecule has 0 aliphatic carbocycles. The van der Waals surface area contributed by atoms with Gasteiger partial charge in [-0.1, -0.05) is 12.2 Å². The molecule has 0 spiro atoms. The topological polar surface area (TPSA) is 112 Å². The first-order valence-electron chi connectivity index (χ1n) is 9.34. The van der Waals surface area contributed by atoms with Gasteiger partial charge in [-0.15, -0.1) is 0 Å². The zero-order valence-electron chi connectivity index (χ0n) is 18.3. The van der Waals surface area contributed by atoms with Crippen molar-refractivity contribution in [2.45, 2.75) is 20.0 Å². The second-order valence-electron chi connectivity index (χ2n) is 6.55. The molecular weight excluding hydrogens is 402 g/mol. The van der Waals surface area contributed by atoms with Crippen molar-refractivity contribution in [3.8, 4) is 28.7 Å². The summed E-state index contributed by atoms with van der Waals surface area (Å²) in [5.74, 6) is 1.28. The number of nitrogens with zero attached hydrogens (tertiary/aromatic N) is 3. The SMILES string of the molecule is COc1cc(/C=C\c2cc(OC)c(C(=O)N=[N+]=[N-])c(OC)c2)cc(OC)c1OC(C)C. The van der Waals surface area contributed by atoms with Gasteiger partial charge in [0.25, 0.3) is 5.91 Å². The molecule has 0 radical (unpaired) electrons. The molecule has 0 heterocycles. The number of carbonyl (C=O) groups excluding carboxylic acids is 1. The minimum atomic E-state index is -0.790. The molecule has 31 heavy (non-hydrogen) atoms. The van der Waals surface area contributed by atoms with Crippen LogP contribution in [0.25, 0.3) is 22.6 Å². The number of azide groups is 1. The van der Waals surface area contributed by atoms with E-state index in [1.54, 1.807) is 26.4 Å². The normalized spacial score (nSPS) is 10.5. The summed E-state index contributed by atoms with van der Waals surface area (Å²) in [5.41, 5.74) is 10.1. The number of hydrogen-bond donors (Lipinski definition) is 0. The predicted molar refractivity (Wildman–Crippen MR) is 117 cm³/mol. The number of hydrogen-bond acceptors (Lipinski definition) is 6. The lowest BCUT2D eigenvalue weighted by Crippen LogP contribution is -2.08. The number of rotatable bonds is 9. The Labute approximate surface area is 180 Å². The molecule has 9 heteroatoms. The summed E-state index contributed by atoms with van der Waals surface area (Å²) in [6.45, 7) is 3.84. The smallest absolute Gasteiger partial charge is 0.256 e. The van der Waals surface area contributed by atoms with Crippen molar-refractivity contribution >= 4 is 18.1 Å². The molecule has 1 amide bonds. The predicted octanol–water partition coefficient (Wildman–Crippen LogP) is 5.13. The van der Waals surface area contributed by atoms with Crippen LogP contribution in [0.1, 0.15) is 35.3 Å². The third-order valence-corrected chi connectivity index (χ3v) is 4.18. The standard InChI is InChI=1S/C22H25N3O6/c1-13(2)31-21-18(29-5)11-15(12-19(21)30-6)8-7-14-9-16(27-3)20(17(10-14)28-4)22(26)24-25-23/h7-13H,1-6H3/b8-7-. The molecule has 0 fully saturated rings. The zero-order chi connectivity index (χ0) is 23.0. The van der Waals surface area contributed by atoms with E-state index in [9.17, 15) is 4.79 Å². The average Bonchev–Trinajstić information content (AvgIpc) is 2.76. The molecular formula is C22H25N3O6. The maximum Gasteiger partial charge on any atom is 0.256 e. The van der Waals surface area contributed by atoms with E-state index in [4.69, 9.17) is 29.2 Å². The Kier molecular flexibility index (Phi) is 8.16. The molecule has 9 nitrogen and oxygen atoms in total. The third-order valence-electron chi connectivity index (χ3n) is 4.18. The van der Waals surface area contributed by atoms with Gasteiger partial charge in [0.15, 0.2) is 11.5 Å². The van der Waals surface area contributed by atoms with Crippen molar-refractivity contribution < 1.29 is 28.5 Å². The Balaban J connectivity index is 2.49. The first-order chi connectivity index (χ1) is 14.9. The van der Waals surface area contributed by atoms with Gasteiger partial charge in [-0.05, 0) is 59.9 Å². The van der Waals surface area contributed by atoms with Gasteiger partial charge in [-0.25, -0.2) is 0 Å². The quantitative estimate of drug-likeness (QED) is 0.237. The van der Waals surface area contributed by atoms with Gasteiger partial charge in [-0.3, -0.25) is 4.79 Å². The molecule has 2 rings (SSSR count). The molecule has 0 unspecified atom stereocenters. The van der Waals surface area contributed by atoms with Crippen LogP contribution in [0.3, 0.4) is 0 Å². The maximum atomic E-state index is 12.1. The molecule has 2 aromatic carbocycles. The van der Waals surface area contributed by atoms with Gasteiger partial charge >= 0.3 is 0 Å². The number of ether oxygens (including phenoxy) is 5. The lowest BCUT2D eigenvalue weighted by atomic mass is 10.1. The second kappa shape index (κ2) is 10.8. The number of carbonyl (C=O) groups is 1. The Bertz CT molecular complexity index is 976. The average molecular weight is 427 g/mol. The monoisotopic (exact) mass is 427 g/mol. The first-order valence-corrected chi connectivity index (χ1v) is 9.34. The summed E-state index contributed by atoms with van der Waals surface area (Å²) in [7, 11) is 5.95. The van der Waals surface area contributed by atoms with Gasteiger partial charge in [0.2, 0.25) is 5.75 Å². The molecule has 2 aromatic rings. The fourth-order valence-corrected chi connectivity index (χ4v) is 2.87. The number of benzene rings is 2. The summed E-state index contributed by atoms with van der Waals surface area (Å²) in [5, 5.41) is 3.13. The number of amides is 1. The van der Waals surface area contributed by atoms with Crippen LogP contribution in [-0.2, 0) is 0 Å². The fraction of sp³-hybridized carbons (Fsp3) is 0.318. The highest BCUT2D eigenvalue weighted by molar-refractivity contribution is 6.00. The first kappa shape index (κ1) is 23.4. The van der Waals surface area contributed by atoms with Crippen molar-refractivity contribution in [2.75, 3.05) is 28.4 Å². The van der Waals surface area contributed by atoms with Crippen LogP contribution in [0, 0.1) is 0 Å². The maximum absolute atomic E-state index is 12.1. The lowest BCUT2D eigenvalue weighted by Gasteiger charge is -2.17. The van der Waals surface area contributed by atoms with Crippen LogP contribution in [0.4, 0.5) is 0 Å². The Morgan fingerprint density at radius 2 is 1.29 bits per heavy atom. The zero-order valence-corrected chi connectivity index (χ0v) is 18.3. The summed E-state index contributed by atoms with van der Waals surface area (Å²) in [6, 6.07) is 6.93. The Morgan fingerprint density at radius 3 is 1.65 bits per heavy atom. The van der Waals surface area contributed by atoms with Crippen LogP contribution in [0.15, 0.2) is 29.4 Å². The summed E-state index contributed by atoms with van der Waals surface area (Å²) in [6.07, 6.45) is 3.60. The fourth-order valence-electron chi connectivity index (χ4n) is 2.87. The van der Waals surface area contributed by atoms with Crippen molar-refractivity contribution in [1.29, 1.82) is 0 Å². The van der Waals surface area contributed by atoms with Gasteiger partial charge in [0.05, 0.1) is 34.5 Å². The molecule has 0 saturated carbocycles. The molecule has 0 N–H and O–H groups in total. The summed E-state index contributed by atoms with van der Waals surface area (Å²) >= 11 is 0. The van der Waals surface area contributed by atoms with Gasteiger partial charge in [-0.2, -0.15) is 0 Å². The van der Waals surface area contributed by atoms with Crippen molar-refractivity contribution in [3.05, 3.63) is 51.4 Å². The molecule has 0 aromatic heterocycles. The third kappa shape index (κ3) is 5.61. The van der Waals surface area contributed by atoms with Crippen LogP contribution < -0.4 is 23.7 Å². The number of methoxy groups -OCH3 is 4. The Morgan fingerprint density at radius 1 is 0.871 bits per heavy atom. The van der Waals surface area contributed by atoms with Gasteiger partial charge in [0.1, 0.15) is 17.1 Å². The van der Waals surface area contributed by atoms with Crippen LogP contribution in [0.2, 0.25) is 0 Å². The van der Waals surface area contributed by atoms with Crippen LogP contribution >= 0.6 is 0 Å². The van der Waals surface area contributed by atoms with E-state index in [-0.39, 0.29) is 23.2 Å². The van der Waals surface area contributed by atoms with E-state index < -0.39 is 5.91 Å². The highest BCUT2D eigenvalue weighted by atomic mass is 16.5.